The zero-order valence-corrected chi connectivity index (χ0v) is 21.2. The number of carbonyl (C=O) groups is 3. The van der Waals surface area contributed by atoms with Crippen LogP contribution in [0.25, 0.3) is 0 Å². The third kappa shape index (κ3) is 2.11. The van der Waals surface area contributed by atoms with Crippen molar-refractivity contribution in [2.24, 2.45) is 34.0 Å². The van der Waals surface area contributed by atoms with E-state index in [-0.39, 0.29) is 12.8 Å². The molecule has 0 amide bonds. The summed E-state index contributed by atoms with van der Waals surface area (Å²) in [5.74, 6) is -4.48. The van der Waals surface area contributed by atoms with Crippen molar-refractivity contribution >= 4 is 17.7 Å². The molecule has 4 aliphatic carbocycles. The highest BCUT2D eigenvalue weighted by Crippen LogP contribution is 2.88. The lowest BCUT2D eigenvalue weighted by molar-refractivity contribution is -0.185. The monoisotopic (exact) mass is 516 g/mol. The number of ketones is 1. The number of rotatable bonds is 3. The van der Waals surface area contributed by atoms with Crippen LogP contribution in [0.5, 0.6) is 0 Å². The van der Waals surface area contributed by atoms with Gasteiger partial charge in [-0.3, -0.25) is 9.59 Å². The quantitative estimate of drug-likeness (QED) is 0.392. The first-order chi connectivity index (χ1) is 17.3. The molecule has 37 heavy (non-hydrogen) atoms. The van der Waals surface area contributed by atoms with Crippen LogP contribution in [0, 0.1) is 34.0 Å². The van der Waals surface area contributed by atoms with Crippen LogP contribution in [0.2, 0.25) is 0 Å². The zero-order chi connectivity index (χ0) is 26.6. The topological polar surface area (TPSA) is 156 Å². The van der Waals surface area contributed by atoms with Crippen molar-refractivity contribution in [1.82, 2.24) is 0 Å². The molecule has 10 nitrogen and oxygen atoms in total. The number of furan rings is 1. The summed E-state index contributed by atoms with van der Waals surface area (Å²) in [6, 6.07) is 1.74. The summed E-state index contributed by atoms with van der Waals surface area (Å²) in [4.78, 5) is 39.8. The van der Waals surface area contributed by atoms with Crippen LogP contribution in [-0.4, -0.2) is 69.2 Å². The molecule has 1 aromatic heterocycles. The van der Waals surface area contributed by atoms with E-state index in [4.69, 9.17) is 18.6 Å². The first-order valence-electron chi connectivity index (χ1n) is 12.9. The highest BCUT2D eigenvalue weighted by Gasteiger charge is 2.99. The lowest BCUT2D eigenvalue weighted by atomic mass is 9.48. The molecule has 12 atom stereocenters. The van der Waals surface area contributed by atoms with Crippen molar-refractivity contribution < 1.29 is 48.3 Å². The van der Waals surface area contributed by atoms with Crippen molar-refractivity contribution in [3.63, 3.8) is 0 Å². The summed E-state index contributed by atoms with van der Waals surface area (Å²) in [7, 11) is 1.17. The fourth-order valence-corrected chi connectivity index (χ4v) is 10.6. The van der Waals surface area contributed by atoms with Gasteiger partial charge in [0.15, 0.2) is 11.9 Å². The maximum absolute atomic E-state index is 14.0. The molecular formula is C27H32O10. The van der Waals surface area contributed by atoms with Gasteiger partial charge in [-0.2, -0.15) is 0 Å². The van der Waals surface area contributed by atoms with Crippen LogP contribution >= 0.6 is 0 Å². The number of esters is 2. The molecule has 7 rings (SSSR count). The van der Waals surface area contributed by atoms with Crippen molar-refractivity contribution in [3.05, 3.63) is 24.2 Å². The number of cyclic esters (lactones) is 1. The van der Waals surface area contributed by atoms with Gasteiger partial charge in [-0.05, 0) is 25.3 Å². The number of ether oxygens (including phenoxy) is 3. The number of hydrogen-bond acceptors (Lipinski definition) is 10. The average molecular weight is 517 g/mol. The van der Waals surface area contributed by atoms with Gasteiger partial charge in [0.2, 0.25) is 0 Å². The normalized spacial score (nSPS) is 55.6. The second-order valence-electron chi connectivity index (χ2n) is 12.9. The molecule has 4 saturated carbocycles. The molecule has 3 N–H and O–H groups in total. The molecule has 2 spiro atoms. The van der Waals surface area contributed by atoms with Gasteiger partial charge in [-0.15, -0.1) is 0 Å². The number of carbonyl (C=O) groups excluding carboxylic acids is 3. The molecule has 3 heterocycles. The molecule has 2 aliphatic heterocycles. The summed E-state index contributed by atoms with van der Waals surface area (Å²) in [6.45, 7) is 5.44. The Morgan fingerprint density at radius 3 is 2.62 bits per heavy atom. The summed E-state index contributed by atoms with van der Waals surface area (Å²) in [5, 5.41) is 35.2. The second-order valence-corrected chi connectivity index (χ2v) is 12.9. The molecule has 6 aliphatic rings. The number of fused-ring (bicyclic) bond motifs is 2. The minimum atomic E-state index is -1.66. The standard InChI is InChI=1S/C27H32O10/c1-22-11-25(33)18(15(29)19(22)31)27-13(24(25,3)17(22)16(30)21(32)34-4)5-7-23(2)20(12-6-8-35-10-12)36-14(28)9-26(23,27)37-27/h6,8,10,13,16-20,30-31,33H,5,7,9,11H2,1-4H3/t13-,16-,17-,18+,19+,20-,22+,23-,24+,25+,26-,27-/m0/s1. The van der Waals surface area contributed by atoms with E-state index in [1.807, 2.05) is 6.92 Å². The third-order valence-electron chi connectivity index (χ3n) is 11.9. The largest absolute Gasteiger partial charge is 0.472 e. The average Bonchev–Trinajstić information content (AvgIpc) is 3.11. The summed E-state index contributed by atoms with van der Waals surface area (Å²) >= 11 is 0. The fourth-order valence-electron chi connectivity index (χ4n) is 10.6. The highest BCUT2D eigenvalue weighted by atomic mass is 16.7. The van der Waals surface area contributed by atoms with Crippen LogP contribution in [0.15, 0.2) is 23.0 Å². The number of aliphatic hydroxyl groups is 3. The fraction of sp³-hybridized carbons (Fsp3) is 0.741. The minimum Gasteiger partial charge on any atom is -0.472 e. The van der Waals surface area contributed by atoms with E-state index >= 15 is 0 Å². The third-order valence-corrected chi connectivity index (χ3v) is 11.9. The highest BCUT2D eigenvalue weighted by molar-refractivity contribution is 5.93. The maximum atomic E-state index is 14.0. The number of hydrogen-bond donors (Lipinski definition) is 3. The van der Waals surface area contributed by atoms with Crippen molar-refractivity contribution in [2.75, 3.05) is 7.11 Å². The molecule has 1 aromatic rings. The Bertz CT molecular complexity index is 1240. The van der Waals surface area contributed by atoms with Gasteiger partial charge in [0.1, 0.15) is 23.4 Å². The molecule has 200 valence electrons. The first-order valence-corrected chi connectivity index (χ1v) is 12.9. The minimum absolute atomic E-state index is 0.0107. The second kappa shape index (κ2) is 6.47. The van der Waals surface area contributed by atoms with Gasteiger partial charge >= 0.3 is 11.9 Å². The maximum Gasteiger partial charge on any atom is 0.335 e. The van der Waals surface area contributed by atoms with Crippen LogP contribution in [-0.2, 0) is 28.6 Å². The van der Waals surface area contributed by atoms with E-state index in [9.17, 15) is 29.7 Å². The molecule has 0 aromatic carbocycles. The van der Waals surface area contributed by atoms with Gasteiger partial charge in [-0.1, -0.05) is 20.8 Å². The van der Waals surface area contributed by atoms with Gasteiger partial charge in [0.05, 0.1) is 37.6 Å². The Kier molecular flexibility index (Phi) is 4.17. The van der Waals surface area contributed by atoms with Crippen molar-refractivity contribution in [2.45, 2.75) is 81.6 Å². The Morgan fingerprint density at radius 2 is 1.97 bits per heavy atom. The molecule has 2 saturated heterocycles. The van der Waals surface area contributed by atoms with Gasteiger partial charge in [-0.25, -0.2) is 4.79 Å². The molecule has 2 bridgehead atoms. The number of Topliss-reactive ketones (excluding diaryl/α,β-unsaturated/α-hetero) is 1. The van der Waals surface area contributed by atoms with Crippen molar-refractivity contribution in [1.29, 1.82) is 0 Å². The molecule has 0 radical (unpaired) electrons. The van der Waals surface area contributed by atoms with E-state index in [0.717, 1.165) is 0 Å². The zero-order valence-electron chi connectivity index (χ0n) is 21.2. The van der Waals surface area contributed by atoms with Gasteiger partial charge < -0.3 is 33.9 Å². The number of methoxy groups -OCH3 is 1. The van der Waals surface area contributed by atoms with Crippen LogP contribution in [0.4, 0.5) is 0 Å². The Hall–Kier alpha value is -2.27. The summed E-state index contributed by atoms with van der Waals surface area (Å²) in [5.41, 5.74) is -6.52. The van der Waals surface area contributed by atoms with Crippen molar-refractivity contribution in [3.8, 4) is 0 Å². The first kappa shape index (κ1) is 23.8. The Balaban J connectivity index is 1.45. The van der Waals surface area contributed by atoms with E-state index < -0.39 is 86.8 Å². The van der Waals surface area contributed by atoms with E-state index in [1.165, 1.54) is 19.6 Å². The number of aliphatic hydroxyl groups excluding tert-OH is 2. The predicted octanol–water partition coefficient (Wildman–Crippen LogP) is 1.06. The molecule has 0 unspecified atom stereocenters. The predicted molar refractivity (Wildman–Crippen MR) is 121 cm³/mol. The van der Waals surface area contributed by atoms with Crippen LogP contribution in [0.3, 0.4) is 0 Å². The Morgan fingerprint density at radius 1 is 1.24 bits per heavy atom. The van der Waals surface area contributed by atoms with Crippen LogP contribution in [0.1, 0.15) is 58.1 Å². The van der Waals surface area contributed by atoms with Gasteiger partial charge in [0, 0.05) is 33.6 Å². The lowest BCUT2D eigenvalue weighted by Crippen LogP contribution is -2.64. The smallest absolute Gasteiger partial charge is 0.335 e. The molecular weight excluding hydrogens is 484 g/mol. The van der Waals surface area contributed by atoms with Gasteiger partial charge in [0.25, 0.3) is 0 Å². The van der Waals surface area contributed by atoms with E-state index in [2.05, 4.69) is 0 Å². The molecule has 10 heteroatoms. The summed E-state index contributed by atoms with van der Waals surface area (Å²) in [6.07, 6.45) is 0.133. The van der Waals surface area contributed by atoms with E-state index in [0.29, 0.717) is 18.4 Å². The van der Waals surface area contributed by atoms with E-state index in [1.54, 1.807) is 19.9 Å². The summed E-state index contributed by atoms with van der Waals surface area (Å²) < 4.78 is 22.7. The number of epoxide rings is 1. The lowest BCUT2D eigenvalue weighted by Gasteiger charge is -2.54. The Labute approximate surface area is 213 Å². The SMILES string of the molecule is COC(=O)[C@@H](O)[C@H]1[C@@]2(C)C[C@@]3(O)[C@@H](C(=O)[C@H]2O)[C@]24O[C@]25CC(=O)O[C@@H](c2ccoc2)[C@]5(C)CC[C@H]4[C@]13C. The molecule has 6 fully saturated rings. The van der Waals surface area contributed by atoms with Crippen LogP contribution < -0.4 is 0 Å².